The van der Waals surface area contributed by atoms with Crippen molar-refractivity contribution in [3.63, 3.8) is 0 Å². The van der Waals surface area contributed by atoms with Gasteiger partial charge in [-0.05, 0) is 48.0 Å². The molecule has 2 heterocycles. The second-order valence-corrected chi connectivity index (χ2v) is 7.21. The summed E-state index contributed by atoms with van der Waals surface area (Å²) in [5.41, 5.74) is 3.93. The third-order valence-electron chi connectivity index (χ3n) is 4.87. The number of carbonyl (C=O) groups excluding carboxylic acids is 1. The van der Waals surface area contributed by atoms with Gasteiger partial charge in [0.2, 0.25) is 0 Å². The van der Waals surface area contributed by atoms with Crippen LogP contribution in [-0.2, 0) is 13.1 Å². The van der Waals surface area contributed by atoms with Gasteiger partial charge in [-0.15, -0.1) is 0 Å². The summed E-state index contributed by atoms with van der Waals surface area (Å²) in [6, 6.07) is 17.5. The van der Waals surface area contributed by atoms with E-state index in [1.807, 2.05) is 53.9 Å². The molecule has 152 valence electrons. The molecule has 0 aliphatic carbocycles. The van der Waals surface area contributed by atoms with E-state index in [2.05, 4.69) is 15.3 Å². The van der Waals surface area contributed by atoms with Gasteiger partial charge in [0.1, 0.15) is 17.2 Å². The number of benzene rings is 2. The molecule has 4 aromatic rings. The Labute approximate surface area is 174 Å². The molecule has 30 heavy (non-hydrogen) atoms. The number of fused-ring (bicyclic) bond motifs is 1. The number of anilines is 1. The van der Waals surface area contributed by atoms with Crippen LogP contribution in [0.4, 0.5) is 10.1 Å². The first-order valence-electron chi connectivity index (χ1n) is 9.61. The normalized spacial score (nSPS) is 10.9. The summed E-state index contributed by atoms with van der Waals surface area (Å²) in [6.07, 6.45) is 1.71. The zero-order valence-electron chi connectivity index (χ0n) is 16.8. The Morgan fingerprint density at radius 3 is 2.67 bits per heavy atom. The number of nitrogens with one attached hydrogen (secondary N) is 1. The zero-order valence-corrected chi connectivity index (χ0v) is 16.8. The molecule has 0 saturated heterocycles. The topological polar surface area (TPSA) is 63.1 Å². The molecular weight excluding hydrogens is 381 g/mol. The van der Waals surface area contributed by atoms with Crippen LogP contribution >= 0.6 is 0 Å². The Balaban J connectivity index is 1.58. The number of nitrogens with zero attached hydrogens (tertiary/aromatic N) is 4. The maximum atomic E-state index is 13.3. The van der Waals surface area contributed by atoms with Crippen molar-refractivity contribution >= 4 is 22.8 Å². The molecule has 1 N–H and O–H groups in total. The first-order chi connectivity index (χ1) is 14.5. The van der Waals surface area contributed by atoms with Crippen LogP contribution in [0, 0.1) is 5.82 Å². The lowest BCUT2D eigenvalue weighted by atomic mass is 10.2. The number of halogens is 1. The first-order valence-corrected chi connectivity index (χ1v) is 9.61. The lowest BCUT2D eigenvalue weighted by Crippen LogP contribution is -2.25. The van der Waals surface area contributed by atoms with Crippen LogP contribution in [0.2, 0.25) is 0 Å². The average Bonchev–Trinajstić information content (AvgIpc) is 3.11. The molecule has 0 fully saturated rings. The number of rotatable bonds is 6. The molecule has 0 bridgehead atoms. The highest BCUT2D eigenvalue weighted by Gasteiger charge is 2.14. The van der Waals surface area contributed by atoms with Crippen molar-refractivity contribution in [2.75, 3.05) is 19.0 Å². The standard InChI is InChI=1S/C23H22FN5O/c1-28(2)19-6-3-5-17(13-19)23(30)26-14-21-27-20-7-4-12-25-22(20)29(21)15-16-8-10-18(24)11-9-16/h3-13H,14-15H2,1-2H3,(H,26,30). The largest absolute Gasteiger partial charge is 0.378 e. The highest BCUT2D eigenvalue weighted by Crippen LogP contribution is 2.17. The summed E-state index contributed by atoms with van der Waals surface area (Å²) in [6.45, 7) is 0.734. The fraction of sp³-hybridized carbons (Fsp3) is 0.174. The zero-order chi connectivity index (χ0) is 21.1. The molecule has 0 aliphatic rings. The molecule has 2 aromatic carbocycles. The van der Waals surface area contributed by atoms with Crippen molar-refractivity contribution in [2.24, 2.45) is 0 Å². The fourth-order valence-electron chi connectivity index (χ4n) is 3.27. The van der Waals surface area contributed by atoms with Crippen molar-refractivity contribution in [3.8, 4) is 0 Å². The van der Waals surface area contributed by atoms with Crippen molar-refractivity contribution in [1.82, 2.24) is 19.9 Å². The Kier molecular flexibility index (Phi) is 5.43. The summed E-state index contributed by atoms with van der Waals surface area (Å²) in [5.74, 6) is 0.233. The van der Waals surface area contributed by atoms with E-state index in [0.29, 0.717) is 17.9 Å². The summed E-state index contributed by atoms with van der Waals surface area (Å²) < 4.78 is 15.2. The molecule has 0 spiro atoms. The van der Waals surface area contributed by atoms with Crippen molar-refractivity contribution in [2.45, 2.75) is 13.1 Å². The van der Waals surface area contributed by atoms with E-state index in [-0.39, 0.29) is 18.3 Å². The second-order valence-electron chi connectivity index (χ2n) is 7.21. The second kappa shape index (κ2) is 8.32. The highest BCUT2D eigenvalue weighted by molar-refractivity contribution is 5.95. The Bertz CT molecular complexity index is 1180. The van der Waals surface area contributed by atoms with Gasteiger partial charge in [0, 0.05) is 31.5 Å². The molecule has 4 rings (SSSR count). The Hall–Kier alpha value is -3.74. The van der Waals surface area contributed by atoms with E-state index in [9.17, 15) is 9.18 Å². The molecule has 0 aliphatic heterocycles. The van der Waals surface area contributed by atoms with Gasteiger partial charge in [-0.2, -0.15) is 0 Å². The number of carbonyl (C=O) groups is 1. The van der Waals surface area contributed by atoms with Gasteiger partial charge in [0.25, 0.3) is 5.91 Å². The van der Waals surface area contributed by atoms with Crippen LogP contribution in [0.25, 0.3) is 11.2 Å². The van der Waals surface area contributed by atoms with Crippen molar-refractivity contribution in [3.05, 3.63) is 89.6 Å². The minimum absolute atomic E-state index is 0.174. The number of pyridine rings is 1. The minimum atomic E-state index is -0.278. The summed E-state index contributed by atoms with van der Waals surface area (Å²) in [4.78, 5) is 23.7. The van der Waals surface area contributed by atoms with Gasteiger partial charge in [-0.25, -0.2) is 14.4 Å². The van der Waals surface area contributed by atoms with E-state index in [0.717, 1.165) is 22.4 Å². The van der Waals surface area contributed by atoms with Gasteiger partial charge < -0.3 is 14.8 Å². The molecule has 0 radical (unpaired) electrons. The molecular formula is C23H22FN5O. The average molecular weight is 403 g/mol. The van der Waals surface area contributed by atoms with E-state index in [4.69, 9.17) is 0 Å². The van der Waals surface area contributed by atoms with Crippen LogP contribution in [0.1, 0.15) is 21.7 Å². The molecule has 6 nitrogen and oxygen atoms in total. The monoisotopic (exact) mass is 403 g/mol. The number of imidazole rings is 1. The molecule has 0 unspecified atom stereocenters. The van der Waals surface area contributed by atoms with Gasteiger partial charge >= 0.3 is 0 Å². The number of hydrogen-bond donors (Lipinski definition) is 1. The number of aromatic nitrogens is 3. The molecule has 0 saturated carbocycles. The van der Waals surface area contributed by atoms with Gasteiger partial charge in [-0.1, -0.05) is 18.2 Å². The summed E-state index contributed by atoms with van der Waals surface area (Å²) >= 11 is 0. The molecule has 1 amide bonds. The predicted molar refractivity (Wildman–Crippen MR) is 115 cm³/mol. The molecule has 7 heteroatoms. The lowest BCUT2D eigenvalue weighted by Gasteiger charge is -2.14. The highest BCUT2D eigenvalue weighted by atomic mass is 19.1. The van der Waals surface area contributed by atoms with Gasteiger partial charge in [0.05, 0.1) is 13.1 Å². The van der Waals surface area contributed by atoms with Crippen LogP contribution in [0.3, 0.4) is 0 Å². The van der Waals surface area contributed by atoms with E-state index in [1.54, 1.807) is 24.4 Å². The number of amides is 1. The number of hydrogen-bond acceptors (Lipinski definition) is 4. The quantitative estimate of drug-likeness (QED) is 0.534. The minimum Gasteiger partial charge on any atom is -0.378 e. The first kappa shape index (κ1) is 19.6. The SMILES string of the molecule is CN(C)c1cccc(C(=O)NCc2nc3cccnc3n2Cc2ccc(F)cc2)c1. The summed E-state index contributed by atoms with van der Waals surface area (Å²) in [7, 11) is 3.86. The maximum Gasteiger partial charge on any atom is 0.251 e. The van der Waals surface area contributed by atoms with E-state index < -0.39 is 0 Å². The Morgan fingerprint density at radius 2 is 1.90 bits per heavy atom. The lowest BCUT2D eigenvalue weighted by molar-refractivity contribution is 0.0949. The van der Waals surface area contributed by atoms with Crippen molar-refractivity contribution < 1.29 is 9.18 Å². The van der Waals surface area contributed by atoms with E-state index >= 15 is 0 Å². The third kappa shape index (κ3) is 4.15. The third-order valence-corrected chi connectivity index (χ3v) is 4.87. The van der Waals surface area contributed by atoms with Crippen LogP contribution in [-0.4, -0.2) is 34.5 Å². The maximum absolute atomic E-state index is 13.3. The molecule has 0 atom stereocenters. The van der Waals surface area contributed by atoms with Crippen LogP contribution < -0.4 is 10.2 Å². The van der Waals surface area contributed by atoms with Gasteiger partial charge in [0.15, 0.2) is 5.65 Å². The predicted octanol–water partition coefficient (Wildman–Crippen LogP) is 3.61. The van der Waals surface area contributed by atoms with Crippen LogP contribution in [0.5, 0.6) is 0 Å². The Morgan fingerprint density at radius 1 is 1.10 bits per heavy atom. The van der Waals surface area contributed by atoms with E-state index in [1.165, 1.54) is 12.1 Å². The fourth-order valence-corrected chi connectivity index (χ4v) is 3.27. The smallest absolute Gasteiger partial charge is 0.251 e. The van der Waals surface area contributed by atoms with Gasteiger partial charge in [-0.3, -0.25) is 4.79 Å². The van der Waals surface area contributed by atoms with Crippen LogP contribution in [0.15, 0.2) is 66.9 Å². The molecule has 2 aromatic heterocycles. The van der Waals surface area contributed by atoms with Crippen molar-refractivity contribution in [1.29, 1.82) is 0 Å². The summed E-state index contributed by atoms with van der Waals surface area (Å²) in [5, 5.41) is 2.95.